The molecule has 1 aliphatic heterocycles. The van der Waals surface area contributed by atoms with Gasteiger partial charge in [-0.1, -0.05) is 48.5 Å². The van der Waals surface area contributed by atoms with Gasteiger partial charge in [0.2, 0.25) is 5.91 Å². The molecule has 0 radical (unpaired) electrons. The molecule has 194 valence electrons. The van der Waals surface area contributed by atoms with E-state index < -0.39 is 0 Å². The molecule has 0 unspecified atom stereocenters. The molecule has 1 amide bonds. The second-order valence-corrected chi connectivity index (χ2v) is 11.2. The number of nitrogens with one attached hydrogen (secondary N) is 2. The van der Waals surface area contributed by atoms with Gasteiger partial charge in [-0.3, -0.25) is 14.2 Å². The quantitative estimate of drug-likeness (QED) is 0.206. The molecule has 9 heteroatoms. The fourth-order valence-electron chi connectivity index (χ4n) is 4.58. The maximum Gasteiger partial charge on any atom is 0.264 e. The number of aromatic nitrogens is 2. The van der Waals surface area contributed by atoms with Crippen molar-refractivity contribution in [2.45, 2.75) is 54.0 Å². The van der Waals surface area contributed by atoms with Crippen molar-refractivity contribution in [1.29, 1.82) is 0 Å². The number of carbonyl (C=O) groups is 1. The van der Waals surface area contributed by atoms with Crippen molar-refractivity contribution in [2.75, 3.05) is 31.5 Å². The van der Waals surface area contributed by atoms with Crippen LogP contribution >= 0.6 is 24.4 Å². The normalized spacial score (nSPS) is 15.2. The summed E-state index contributed by atoms with van der Waals surface area (Å²) in [5, 5.41) is 7.92. The van der Waals surface area contributed by atoms with Crippen LogP contribution < -0.4 is 16.2 Å². The van der Waals surface area contributed by atoms with E-state index in [2.05, 4.69) is 23.3 Å². The first-order valence-corrected chi connectivity index (χ1v) is 14.3. The lowest BCUT2D eigenvalue weighted by Crippen LogP contribution is -2.42. The molecule has 37 heavy (non-hydrogen) atoms. The van der Waals surface area contributed by atoms with E-state index in [4.69, 9.17) is 4.98 Å². The highest BCUT2D eigenvalue weighted by Crippen LogP contribution is 2.37. The molecule has 2 aromatic carbocycles. The molecular weight excluding hydrogens is 502 g/mol. The number of fused-ring (bicyclic) bond motifs is 1. The second kappa shape index (κ2) is 12.2. The van der Waals surface area contributed by atoms with Gasteiger partial charge in [0.15, 0.2) is 5.16 Å². The Morgan fingerprint density at radius 1 is 1.05 bits per heavy atom. The van der Waals surface area contributed by atoms with Crippen molar-refractivity contribution in [1.82, 2.24) is 19.8 Å². The molecule has 2 heterocycles. The van der Waals surface area contributed by atoms with Crippen LogP contribution in [0.15, 0.2) is 69.4 Å². The van der Waals surface area contributed by atoms with Gasteiger partial charge in [-0.25, -0.2) is 4.98 Å². The zero-order valence-electron chi connectivity index (χ0n) is 20.9. The molecule has 0 bridgehead atoms. The van der Waals surface area contributed by atoms with E-state index in [0.717, 1.165) is 53.1 Å². The van der Waals surface area contributed by atoms with Crippen LogP contribution in [0.1, 0.15) is 36.9 Å². The third kappa shape index (κ3) is 6.22. The minimum absolute atomic E-state index is 0.0580. The Morgan fingerprint density at radius 2 is 1.84 bits per heavy atom. The van der Waals surface area contributed by atoms with E-state index in [1.54, 1.807) is 21.2 Å². The fourth-order valence-corrected chi connectivity index (χ4v) is 6.16. The van der Waals surface area contributed by atoms with Gasteiger partial charge in [0.05, 0.1) is 23.5 Å². The lowest BCUT2D eigenvalue weighted by Gasteiger charge is -2.30. The highest BCUT2D eigenvalue weighted by molar-refractivity contribution is 7.99. The summed E-state index contributed by atoms with van der Waals surface area (Å²) >= 11 is 6.31. The number of thiol groups is 1. The third-order valence-corrected chi connectivity index (χ3v) is 8.59. The molecule has 1 saturated carbocycles. The number of rotatable bonds is 10. The van der Waals surface area contributed by atoms with Crippen molar-refractivity contribution in [3.63, 3.8) is 0 Å². The summed E-state index contributed by atoms with van der Waals surface area (Å²) in [5.74, 6) is 0.0580. The van der Waals surface area contributed by atoms with Crippen molar-refractivity contribution >= 4 is 36.0 Å². The van der Waals surface area contributed by atoms with Gasteiger partial charge < -0.3 is 15.5 Å². The number of hydrogen-bond acceptors (Lipinski definition) is 7. The Labute approximate surface area is 227 Å². The molecule has 7 nitrogen and oxygen atoms in total. The Morgan fingerprint density at radius 3 is 2.59 bits per heavy atom. The lowest BCUT2D eigenvalue weighted by atomic mass is 10.0. The maximum absolute atomic E-state index is 13.8. The molecule has 0 atom stereocenters. The number of para-hydroxylation sites is 2. The van der Waals surface area contributed by atoms with Crippen molar-refractivity contribution in [3.8, 4) is 5.69 Å². The Balaban J connectivity index is 1.23. The van der Waals surface area contributed by atoms with Gasteiger partial charge in [0.25, 0.3) is 5.56 Å². The minimum atomic E-state index is -0.0871. The number of amides is 1. The van der Waals surface area contributed by atoms with E-state index in [9.17, 15) is 9.59 Å². The largest absolute Gasteiger partial charge is 0.384 e. The highest BCUT2D eigenvalue weighted by atomic mass is 32.2. The molecule has 5 rings (SSSR count). The second-order valence-electron chi connectivity index (χ2n) is 9.48. The van der Waals surface area contributed by atoms with Crippen LogP contribution in [0.5, 0.6) is 0 Å². The Hall–Kier alpha value is -2.75. The first kappa shape index (κ1) is 25.9. The summed E-state index contributed by atoms with van der Waals surface area (Å²) in [4.78, 5) is 34.3. The maximum atomic E-state index is 13.8. The number of nitrogens with zero attached hydrogens (tertiary/aromatic N) is 3. The fraction of sp³-hybridized carbons (Fsp3) is 0.393. The van der Waals surface area contributed by atoms with E-state index >= 15 is 0 Å². The standard InChI is InChI=1S/C28H33N5O2S2/c34-26(13-15-29-16-17-30-20-7-2-1-3-8-20)32-18-14-23-22(19-32)27(35)33(24-11-4-5-12-25(24)36)28(31-23)37-21-9-6-10-21/h1-5,7-8,11-12,21,29-30,36H,6,9-10,13-19H2. The van der Waals surface area contributed by atoms with Crippen LogP contribution in [-0.2, 0) is 17.8 Å². The summed E-state index contributed by atoms with van der Waals surface area (Å²) in [6.07, 6.45) is 4.53. The van der Waals surface area contributed by atoms with Gasteiger partial charge >= 0.3 is 0 Å². The average molecular weight is 536 g/mol. The van der Waals surface area contributed by atoms with Crippen LogP contribution in [0.25, 0.3) is 5.69 Å². The lowest BCUT2D eigenvalue weighted by molar-refractivity contribution is -0.132. The summed E-state index contributed by atoms with van der Waals surface area (Å²) in [6, 6.07) is 17.7. The van der Waals surface area contributed by atoms with Crippen LogP contribution in [0.2, 0.25) is 0 Å². The van der Waals surface area contributed by atoms with Crippen LogP contribution in [-0.4, -0.2) is 51.8 Å². The Bertz CT molecular complexity index is 1290. The summed E-state index contributed by atoms with van der Waals surface area (Å²) in [6.45, 7) is 3.05. The Kier molecular flexibility index (Phi) is 8.53. The number of thioether (sulfide) groups is 1. The van der Waals surface area contributed by atoms with Gasteiger partial charge in [-0.2, -0.15) is 0 Å². The number of anilines is 1. The van der Waals surface area contributed by atoms with E-state index in [-0.39, 0.29) is 11.5 Å². The van der Waals surface area contributed by atoms with Gasteiger partial charge in [0.1, 0.15) is 0 Å². The van der Waals surface area contributed by atoms with Crippen molar-refractivity contribution in [3.05, 3.63) is 76.2 Å². The van der Waals surface area contributed by atoms with Gasteiger partial charge in [0, 0.05) is 54.9 Å². The molecule has 2 aliphatic rings. The van der Waals surface area contributed by atoms with Crippen molar-refractivity contribution < 1.29 is 4.79 Å². The number of carbonyl (C=O) groups excluding carboxylic acids is 1. The van der Waals surface area contributed by atoms with Crippen LogP contribution in [0, 0.1) is 0 Å². The topological polar surface area (TPSA) is 79.3 Å². The third-order valence-electron chi connectivity index (χ3n) is 6.92. The average Bonchev–Trinajstić information content (AvgIpc) is 2.89. The van der Waals surface area contributed by atoms with Gasteiger partial charge in [-0.15, -0.1) is 12.6 Å². The molecule has 0 spiro atoms. The molecular formula is C28H33N5O2S2. The zero-order valence-corrected chi connectivity index (χ0v) is 22.6. The molecule has 3 aromatic rings. The number of benzene rings is 2. The first-order valence-electron chi connectivity index (χ1n) is 13.0. The SMILES string of the molecule is O=C(CCNCCNc1ccccc1)N1CCc2nc(SC3CCC3)n(-c3ccccc3S)c(=O)c2C1. The van der Waals surface area contributed by atoms with E-state index in [1.165, 1.54) is 6.42 Å². The predicted molar refractivity (Wildman–Crippen MR) is 152 cm³/mol. The van der Waals surface area contributed by atoms with Crippen molar-refractivity contribution in [2.24, 2.45) is 0 Å². The molecule has 1 aliphatic carbocycles. The molecule has 1 fully saturated rings. The van der Waals surface area contributed by atoms with Gasteiger partial charge in [-0.05, 0) is 37.1 Å². The van der Waals surface area contributed by atoms with E-state index in [0.29, 0.717) is 43.3 Å². The zero-order chi connectivity index (χ0) is 25.6. The summed E-state index contributed by atoms with van der Waals surface area (Å²) < 4.78 is 1.71. The van der Waals surface area contributed by atoms with Crippen LogP contribution in [0.3, 0.4) is 0 Å². The molecule has 2 N–H and O–H groups in total. The monoisotopic (exact) mass is 535 g/mol. The summed E-state index contributed by atoms with van der Waals surface area (Å²) in [5.41, 5.74) is 3.19. The smallest absolute Gasteiger partial charge is 0.264 e. The minimum Gasteiger partial charge on any atom is -0.384 e. The molecule has 1 aromatic heterocycles. The predicted octanol–water partition coefficient (Wildman–Crippen LogP) is 4.14. The summed E-state index contributed by atoms with van der Waals surface area (Å²) in [7, 11) is 0. The van der Waals surface area contributed by atoms with E-state index in [1.807, 2.05) is 54.6 Å². The highest BCUT2D eigenvalue weighted by Gasteiger charge is 2.29. The first-order chi connectivity index (χ1) is 18.1. The van der Waals surface area contributed by atoms with Crippen LogP contribution in [0.4, 0.5) is 5.69 Å². The number of hydrogen-bond donors (Lipinski definition) is 3. The molecule has 0 saturated heterocycles.